The summed E-state index contributed by atoms with van der Waals surface area (Å²) in [5.41, 5.74) is 3.16. The van der Waals surface area contributed by atoms with E-state index in [9.17, 15) is 8.42 Å². The minimum Gasteiger partial charge on any atom is -0.489 e. The van der Waals surface area contributed by atoms with Crippen molar-refractivity contribution < 1.29 is 13.2 Å². The molecule has 2 aromatic heterocycles. The van der Waals surface area contributed by atoms with Crippen LogP contribution in [0.2, 0.25) is 0 Å². The molecule has 154 valence electrons. The number of sulfonamides is 1. The van der Waals surface area contributed by atoms with Gasteiger partial charge in [-0.15, -0.1) is 11.3 Å². The lowest BCUT2D eigenvalue weighted by molar-refractivity contribution is 0.316. The molecule has 0 saturated heterocycles. The predicted molar refractivity (Wildman–Crippen MR) is 119 cm³/mol. The fraction of sp³-hybridized carbons (Fsp3) is 0.136. The third-order valence-corrected chi connectivity index (χ3v) is 7.79. The first kappa shape index (κ1) is 19.5. The summed E-state index contributed by atoms with van der Waals surface area (Å²) in [4.78, 5) is 8.73. The molecule has 0 amide bonds. The highest BCUT2D eigenvalue weighted by atomic mass is 32.2. The van der Waals surface area contributed by atoms with Crippen LogP contribution in [0.5, 0.6) is 5.75 Å². The first-order valence-corrected chi connectivity index (χ1v) is 11.7. The maximum Gasteiger partial charge on any atom is 0.264 e. The molecule has 0 radical (unpaired) electrons. The van der Waals surface area contributed by atoms with Crippen molar-refractivity contribution in [2.75, 3.05) is 17.5 Å². The zero-order chi connectivity index (χ0) is 21.6. The number of rotatable bonds is 3. The number of thiazole rings is 1. The van der Waals surface area contributed by atoms with Crippen LogP contribution >= 0.6 is 11.3 Å². The number of hydrogen-bond acceptors (Lipinski definition) is 7. The molecule has 9 heteroatoms. The summed E-state index contributed by atoms with van der Waals surface area (Å²) in [7, 11) is -3.79. The second-order valence-electron chi connectivity index (χ2n) is 7.01. The number of pyridine rings is 1. The molecule has 31 heavy (non-hydrogen) atoms. The van der Waals surface area contributed by atoms with Gasteiger partial charge in [-0.1, -0.05) is 6.07 Å². The van der Waals surface area contributed by atoms with E-state index in [-0.39, 0.29) is 18.0 Å². The van der Waals surface area contributed by atoms with E-state index < -0.39 is 10.0 Å². The minimum absolute atomic E-state index is 0.212. The first-order chi connectivity index (χ1) is 15.0. The van der Waals surface area contributed by atoms with Crippen LogP contribution in [0.3, 0.4) is 0 Å². The fourth-order valence-corrected chi connectivity index (χ4v) is 5.98. The Labute approximate surface area is 183 Å². The standard InChI is InChI=1S/C22H16N4O3S2/c1-14-25-19-6-5-18(11-22(19)30-14)31(27,28)26-8-9-29-21-7-3-15(10-20(21)26)16-2-4-17(12-23)24-13-16/h2-7,10-11,13H,8-9H2,1H3. The number of benzene rings is 2. The van der Waals surface area contributed by atoms with Crippen LogP contribution in [-0.4, -0.2) is 31.5 Å². The van der Waals surface area contributed by atoms with Crippen LogP contribution in [0.25, 0.3) is 21.3 Å². The van der Waals surface area contributed by atoms with Crippen molar-refractivity contribution >= 4 is 37.3 Å². The molecule has 0 N–H and O–H groups in total. The van der Waals surface area contributed by atoms with Gasteiger partial charge in [0.15, 0.2) is 0 Å². The summed E-state index contributed by atoms with van der Waals surface area (Å²) in [6.45, 7) is 2.38. The van der Waals surface area contributed by atoms with Crippen LogP contribution < -0.4 is 9.04 Å². The molecular formula is C22H16N4O3S2. The highest BCUT2D eigenvalue weighted by Crippen LogP contribution is 2.39. The van der Waals surface area contributed by atoms with E-state index in [1.807, 2.05) is 19.1 Å². The number of fused-ring (bicyclic) bond motifs is 2. The average molecular weight is 449 g/mol. The van der Waals surface area contributed by atoms with Crippen LogP contribution in [0.4, 0.5) is 5.69 Å². The van der Waals surface area contributed by atoms with E-state index in [2.05, 4.69) is 9.97 Å². The number of hydrogen-bond donors (Lipinski definition) is 0. The maximum absolute atomic E-state index is 13.5. The Balaban J connectivity index is 1.58. The molecule has 0 unspecified atom stereocenters. The van der Waals surface area contributed by atoms with Crippen molar-refractivity contribution in [3.05, 3.63) is 65.4 Å². The summed E-state index contributed by atoms with van der Waals surface area (Å²) in [6.07, 6.45) is 1.60. The van der Waals surface area contributed by atoms with E-state index in [0.29, 0.717) is 17.1 Å². The average Bonchev–Trinajstić information content (AvgIpc) is 3.17. The van der Waals surface area contributed by atoms with Gasteiger partial charge in [0.25, 0.3) is 10.0 Å². The van der Waals surface area contributed by atoms with E-state index in [4.69, 9.17) is 10.00 Å². The van der Waals surface area contributed by atoms with Gasteiger partial charge in [0.05, 0.1) is 32.4 Å². The maximum atomic E-state index is 13.5. The van der Waals surface area contributed by atoms with Gasteiger partial charge in [0.2, 0.25) is 0 Å². The van der Waals surface area contributed by atoms with Gasteiger partial charge in [-0.25, -0.2) is 18.4 Å². The van der Waals surface area contributed by atoms with Crippen molar-refractivity contribution in [1.82, 2.24) is 9.97 Å². The third-order valence-electron chi connectivity index (χ3n) is 5.05. The predicted octanol–water partition coefficient (Wildman–Crippen LogP) is 4.13. The molecule has 0 bridgehead atoms. The van der Waals surface area contributed by atoms with Gasteiger partial charge in [0, 0.05) is 11.8 Å². The molecule has 1 aliphatic heterocycles. The van der Waals surface area contributed by atoms with Gasteiger partial charge in [0.1, 0.15) is 24.1 Å². The second kappa shape index (κ2) is 7.34. The van der Waals surface area contributed by atoms with Crippen LogP contribution in [0.15, 0.2) is 59.6 Å². The monoisotopic (exact) mass is 448 g/mol. The summed E-state index contributed by atoms with van der Waals surface area (Å²) in [6, 6.07) is 15.8. The van der Waals surface area contributed by atoms with E-state index in [1.165, 1.54) is 15.6 Å². The molecule has 0 atom stereocenters. The Morgan fingerprint density at radius 1 is 1.13 bits per heavy atom. The van der Waals surface area contributed by atoms with E-state index in [0.717, 1.165) is 26.4 Å². The van der Waals surface area contributed by atoms with Crippen LogP contribution in [0, 0.1) is 18.3 Å². The number of nitrogens with zero attached hydrogens (tertiary/aromatic N) is 4. The molecule has 2 aromatic carbocycles. The number of nitriles is 1. The Kier molecular flexibility index (Phi) is 4.61. The highest BCUT2D eigenvalue weighted by molar-refractivity contribution is 7.92. The highest BCUT2D eigenvalue weighted by Gasteiger charge is 2.31. The Bertz CT molecular complexity index is 1450. The fourth-order valence-electron chi connectivity index (χ4n) is 3.56. The number of ether oxygens (including phenoxy) is 1. The van der Waals surface area contributed by atoms with Gasteiger partial charge in [-0.05, 0) is 55.0 Å². The molecule has 0 aliphatic carbocycles. The topological polar surface area (TPSA) is 96.2 Å². The minimum atomic E-state index is -3.79. The normalized spacial score (nSPS) is 13.5. The van der Waals surface area contributed by atoms with Crippen molar-refractivity contribution in [3.63, 3.8) is 0 Å². The largest absolute Gasteiger partial charge is 0.489 e. The molecule has 0 saturated carbocycles. The van der Waals surface area contributed by atoms with Crippen molar-refractivity contribution in [2.45, 2.75) is 11.8 Å². The van der Waals surface area contributed by atoms with Crippen molar-refractivity contribution in [2.24, 2.45) is 0 Å². The Morgan fingerprint density at radius 3 is 2.74 bits per heavy atom. The smallest absolute Gasteiger partial charge is 0.264 e. The molecule has 0 fully saturated rings. The van der Waals surface area contributed by atoms with Crippen molar-refractivity contribution in [3.8, 4) is 22.9 Å². The summed E-state index contributed by atoms with van der Waals surface area (Å²) >= 11 is 1.47. The molecule has 7 nitrogen and oxygen atoms in total. The molecular weight excluding hydrogens is 432 g/mol. The van der Waals surface area contributed by atoms with Gasteiger partial charge < -0.3 is 4.74 Å². The van der Waals surface area contributed by atoms with Crippen LogP contribution in [0.1, 0.15) is 10.7 Å². The lowest BCUT2D eigenvalue weighted by Gasteiger charge is -2.31. The first-order valence-electron chi connectivity index (χ1n) is 9.49. The quantitative estimate of drug-likeness (QED) is 0.468. The number of aromatic nitrogens is 2. The lowest BCUT2D eigenvalue weighted by atomic mass is 10.1. The molecule has 0 spiro atoms. The van der Waals surface area contributed by atoms with Crippen molar-refractivity contribution in [1.29, 1.82) is 5.26 Å². The Hall–Kier alpha value is -3.48. The van der Waals surface area contributed by atoms with Gasteiger partial charge in [-0.3, -0.25) is 4.31 Å². The number of aryl methyl sites for hydroxylation is 1. The molecule has 4 aromatic rings. The SMILES string of the molecule is Cc1nc2ccc(S(=O)(=O)N3CCOc4ccc(-c5ccc(C#N)nc5)cc43)cc2s1. The molecule has 1 aliphatic rings. The second-order valence-corrected chi connectivity index (χ2v) is 10.1. The molecule has 5 rings (SSSR count). The zero-order valence-electron chi connectivity index (χ0n) is 16.4. The van der Waals surface area contributed by atoms with E-state index in [1.54, 1.807) is 48.7 Å². The summed E-state index contributed by atoms with van der Waals surface area (Å²) in [5.74, 6) is 0.509. The van der Waals surface area contributed by atoms with Crippen LogP contribution in [-0.2, 0) is 10.0 Å². The number of anilines is 1. The zero-order valence-corrected chi connectivity index (χ0v) is 18.1. The lowest BCUT2D eigenvalue weighted by Crippen LogP contribution is -2.37. The van der Waals surface area contributed by atoms with Gasteiger partial charge in [-0.2, -0.15) is 5.26 Å². The molecule has 3 heterocycles. The summed E-state index contributed by atoms with van der Waals surface area (Å²) in [5, 5.41) is 9.84. The van der Waals surface area contributed by atoms with E-state index >= 15 is 0 Å². The Morgan fingerprint density at radius 2 is 1.97 bits per heavy atom. The third kappa shape index (κ3) is 3.40. The summed E-state index contributed by atoms with van der Waals surface area (Å²) < 4.78 is 35.0. The van der Waals surface area contributed by atoms with Gasteiger partial charge >= 0.3 is 0 Å².